The number of carbonyl (C=O) groups is 2. The van der Waals surface area contributed by atoms with Crippen molar-refractivity contribution >= 4 is 52.8 Å². The molecule has 1 saturated heterocycles. The topological polar surface area (TPSA) is 75.4 Å². The molecule has 1 aliphatic heterocycles. The van der Waals surface area contributed by atoms with Crippen LogP contribution in [-0.4, -0.2) is 36.3 Å². The highest BCUT2D eigenvalue weighted by Crippen LogP contribution is 2.31. The molecule has 0 aliphatic carbocycles. The van der Waals surface area contributed by atoms with Crippen LogP contribution in [-0.2, 0) is 0 Å². The van der Waals surface area contributed by atoms with E-state index >= 15 is 0 Å². The van der Waals surface area contributed by atoms with Gasteiger partial charge in [0.15, 0.2) is 0 Å². The van der Waals surface area contributed by atoms with Gasteiger partial charge in [0.05, 0.1) is 15.6 Å². The molecule has 2 heterocycles. The molecule has 0 radical (unpaired) electrons. The van der Waals surface area contributed by atoms with Crippen molar-refractivity contribution < 1.29 is 9.59 Å². The second-order valence-electron chi connectivity index (χ2n) is 6.62. The summed E-state index contributed by atoms with van der Waals surface area (Å²) in [5.74, 6) is -0.307. The standard InChI is InChI=1S/C18H20ClN3O2S.ClH/c1-18(10-20)6-7-22(11-18)17(24)12-4-5-13(19)14(9-12)21-16(23)15-3-2-8-25-15;/h2-5,8-9H,6-7,10-11,20H2,1H3,(H,21,23);1H. The van der Waals surface area contributed by atoms with Crippen LogP contribution in [0.1, 0.15) is 33.4 Å². The molecule has 1 atom stereocenters. The molecule has 5 nitrogen and oxygen atoms in total. The van der Waals surface area contributed by atoms with E-state index in [0.29, 0.717) is 40.8 Å². The maximum Gasteiger partial charge on any atom is 0.265 e. The molecule has 8 heteroatoms. The molecule has 26 heavy (non-hydrogen) atoms. The number of rotatable bonds is 4. The van der Waals surface area contributed by atoms with Crippen molar-refractivity contribution in [3.05, 3.63) is 51.2 Å². The summed E-state index contributed by atoms with van der Waals surface area (Å²) < 4.78 is 0. The van der Waals surface area contributed by atoms with Gasteiger partial charge in [-0.3, -0.25) is 9.59 Å². The molecular weight excluding hydrogens is 393 g/mol. The lowest BCUT2D eigenvalue weighted by molar-refractivity contribution is 0.0776. The lowest BCUT2D eigenvalue weighted by atomic mass is 9.90. The second-order valence-corrected chi connectivity index (χ2v) is 7.97. The van der Waals surface area contributed by atoms with Gasteiger partial charge < -0.3 is 16.0 Å². The normalized spacial score (nSPS) is 19.1. The van der Waals surface area contributed by atoms with Crippen LogP contribution in [0.2, 0.25) is 5.02 Å². The highest BCUT2D eigenvalue weighted by molar-refractivity contribution is 7.12. The third kappa shape index (κ3) is 4.38. The van der Waals surface area contributed by atoms with Gasteiger partial charge >= 0.3 is 0 Å². The first-order chi connectivity index (χ1) is 11.9. The molecule has 0 spiro atoms. The fraction of sp³-hybridized carbons (Fsp3) is 0.333. The Morgan fingerprint density at radius 2 is 2.15 bits per heavy atom. The fourth-order valence-corrected chi connectivity index (χ4v) is 3.68. The molecule has 3 N–H and O–H groups in total. The number of hydrogen-bond donors (Lipinski definition) is 2. The first kappa shape index (κ1) is 20.7. The molecule has 1 aliphatic rings. The van der Waals surface area contributed by atoms with Crippen molar-refractivity contribution in [3.8, 4) is 0 Å². The van der Waals surface area contributed by atoms with Crippen molar-refractivity contribution in [3.63, 3.8) is 0 Å². The van der Waals surface area contributed by atoms with Crippen molar-refractivity contribution in [2.75, 3.05) is 25.0 Å². The molecule has 1 aromatic carbocycles. The average molecular weight is 414 g/mol. The van der Waals surface area contributed by atoms with E-state index in [2.05, 4.69) is 12.2 Å². The summed E-state index contributed by atoms with van der Waals surface area (Å²) in [6.45, 7) is 3.97. The van der Waals surface area contributed by atoms with Crippen LogP contribution in [0.5, 0.6) is 0 Å². The van der Waals surface area contributed by atoms with Crippen molar-refractivity contribution in [1.29, 1.82) is 0 Å². The highest BCUT2D eigenvalue weighted by atomic mass is 35.5. The summed E-state index contributed by atoms with van der Waals surface area (Å²) >= 11 is 7.53. The SMILES string of the molecule is CC1(CN)CCN(C(=O)c2ccc(Cl)c(NC(=O)c3cccs3)c2)C1.Cl. The van der Waals surface area contributed by atoms with Crippen molar-refractivity contribution in [2.24, 2.45) is 11.1 Å². The third-order valence-electron chi connectivity index (χ3n) is 4.54. The van der Waals surface area contributed by atoms with Crippen LogP contribution in [0.3, 0.4) is 0 Å². The Kier molecular flexibility index (Phi) is 6.69. The van der Waals surface area contributed by atoms with Gasteiger partial charge in [-0.15, -0.1) is 23.7 Å². The molecule has 0 bridgehead atoms. The summed E-state index contributed by atoms with van der Waals surface area (Å²) in [6, 6.07) is 8.50. The average Bonchev–Trinajstić information content (AvgIpc) is 3.26. The number of nitrogens with one attached hydrogen (secondary N) is 1. The van der Waals surface area contributed by atoms with Gasteiger partial charge in [0.25, 0.3) is 11.8 Å². The van der Waals surface area contributed by atoms with E-state index < -0.39 is 0 Å². The molecule has 2 amide bonds. The second kappa shape index (κ2) is 8.39. The van der Waals surface area contributed by atoms with Crippen LogP contribution in [0.4, 0.5) is 5.69 Å². The lowest BCUT2D eigenvalue weighted by Gasteiger charge is -2.22. The molecular formula is C18H21Cl2N3O2S. The molecule has 0 saturated carbocycles. The first-order valence-electron chi connectivity index (χ1n) is 8.06. The zero-order chi connectivity index (χ0) is 18.0. The summed E-state index contributed by atoms with van der Waals surface area (Å²) in [5, 5.41) is 5.00. The number of benzene rings is 1. The number of thiophene rings is 1. The van der Waals surface area contributed by atoms with Gasteiger partial charge in [0.1, 0.15) is 0 Å². The Labute approximate surface area is 167 Å². The van der Waals surface area contributed by atoms with E-state index in [4.69, 9.17) is 17.3 Å². The van der Waals surface area contributed by atoms with Crippen LogP contribution < -0.4 is 11.1 Å². The van der Waals surface area contributed by atoms with Crippen molar-refractivity contribution in [1.82, 2.24) is 4.90 Å². The largest absolute Gasteiger partial charge is 0.338 e. The molecule has 140 valence electrons. The molecule has 3 rings (SSSR count). The number of anilines is 1. The number of halogens is 2. The van der Waals surface area contributed by atoms with E-state index in [1.54, 1.807) is 29.2 Å². The maximum absolute atomic E-state index is 12.8. The summed E-state index contributed by atoms with van der Waals surface area (Å²) in [4.78, 5) is 27.4. The van der Waals surface area contributed by atoms with Crippen LogP contribution in [0.25, 0.3) is 0 Å². The lowest BCUT2D eigenvalue weighted by Crippen LogP contribution is -2.34. The third-order valence-corrected chi connectivity index (χ3v) is 5.74. The van der Waals surface area contributed by atoms with Gasteiger partial charge in [-0.25, -0.2) is 0 Å². The minimum atomic E-state index is -0.238. The Bertz CT molecular complexity index is 798. The zero-order valence-corrected chi connectivity index (χ0v) is 16.7. The summed E-state index contributed by atoms with van der Waals surface area (Å²) in [7, 11) is 0. The van der Waals surface area contributed by atoms with Gasteiger partial charge in [-0.05, 0) is 48.0 Å². The Hall–Kier alpha value is -1.60. The van der Waals surface area contributed by atoms with E-state index in [-0.39, 0.29) is 29.6 Å². The molecule has 1 aromatic heterocycles. The summed E-state index contributed by atoms with van der Waals surface area (Å²) in [6.07, 6.45) is 0.894. The number of carbonyl (C=O) groups excluding carboxylic acids is 2. The Morgan fingerprint density at radius 3 is 2.77 bits per heavy atom. The Morgan fingerprint density at radius 1 is 1.38 bits per heavy atom. The molecule has 1 unspecified atom stereocenters. The maximum atomic E-state index is 12.8. The predicted octanol–water partition coefficient (Wildman–Crippen LogP) is 3.89. The van der Waals surface area contributed by atoms with Crippen LogP contribution >= 0.6 is 35.3 Å². The van der Waals surface area contributed by atoms with Gasteiger partial charge in [0, 0.05) is 18.7 Å². The van der Waals surface area contributed by atoms with Crippen LogP contribution in [0.15, 0.2) is 35.7 Å². The highest BCUT2D eigenvalue weighted by Gasteiger charge is 2.35. The smallest absolute Gasteiger partial charge is 0.265 e. The van der Waals surface area contributed by atoms with Gasteiger partial charge in [0.2, 0.25) is 0 Å². The van der Waals surface area contributed by atoms with E-state index in [1.807, 2.05) is 11.4 Å². The molecule has 1 fully saturated rings. The number of nitrogens with zero attached hydrogens (tertiary/aromatic N) is 1. The zero-order valence-electron chi connectivity index (χ0n) is 14.3. The Balaban J connectivity index is 0.00000243. The summed E-state index contributed by atoms with van der Waals surface area (Å²) in [5.41, 5.74) is 6.73. The van der Waals surface area contributed by atoms with Crippen LogP contribution in [0, 0.1) is 5.41 Å². The monoisotopic (exact) mass is 413 g/mol. The number of amides is 2. The van der Waals surface area contributed by atoms with E-state index in [9.17, 15) is 9.59 Å². The number of hydrogen-bond acceptors (Lipinski definition) is 4. The van der Waals surface area contributed by atoms with Crippen molar-refractivity contribution in [2.45, 2.75) is 13.3 Å². The van der Waals surface area contributed by atoms with Gasteiger partial charge in [-0.2, -0.15) is 0 Å². The van der Waals surface area contributed by atoms with Gasteiger partial charge in [-0.1, -0.05) is 24.6 Å². The van der Waals surface area contributed by atoms with E-state index in [1.165, 1.54) is 11.3 Å². The molecule has 2 aromatic rings. The minimum absolute atomic E-state index is 0. The number of likely N-dealkylation sites (tertiary alicyclic amines) is 1. The minimum Gasteiger partial charge on any atom is -0.338 e. The predicted molar refractivity (Wildman–Crippen MR) is 109 cm³/mol. The first-order valence-corrected chi connectivity index (χ1v) is 9.31. The number of nitrogens with two attached hydrogens (primary N) is 1. The fourth-order valence-electron chi connectivity index (χ4n) is 2.89. The quantitative estimate of drug-likeness (QED) is 0.797. The van der Waals surface area contributed by atoms with E-state index in [0.717, 1.165) is 6.42 Å².